The summed E-state index contributed by atoms with van der Waals surface area (Å²) >= 11 is 0. The number of hydrogen-bond acceptors (Lipinski definition) is 3. The fourth-order valence-corrected chi connectivity index (χ4v) is 1.89. The van der Waals surface area contributed by atoms with Gasteiger partial charge in [0.15, 0.2) is 0 Å². The molecule has 0 bridgehead atoms. The molecule has 2 N–H and O–H groups in total. The van der Waals surface area contributed by atoms with E-state index >= 15 is 0 Å². The summed E-state index contributed by atoms with van der Waals surface area (Å²) < 4.78 is 0. The Balaban J connectivity index is 2.14. The Hall–Kier alpha value is -0.610. The molecule has 0 saturated carbocycles. The van der Waals surface area contributed by atoms with Crippen LogP contribution in [0, 0.1) is 5.92 Å². The van der Waals surface area contributed by atoms with E-state index in [4.69, 9.17) is 5.11 Å². The molecule has 1 heterocycles. The van der Waals surface area contributed by atoms with E-state index in [0.717, 1.165) is 32.5 Å². The van der Waals surface area contributed by atoms with Crippen LogP contribution in [0.2, 0.25) is 0 Å². The molecule has 4 nitrogen and oxygen atoms in total. The number of nitrogens with zero attached hydrogens (tertiary/aromatic N) is 1. The first kappa shape index (κ1) is 11.5. The predicted octanol–water partition coefficient (Wildman–Crippen LogP) is -0.173. The number of amides is 1. The van der Waals surface area contributed by atoms with Crippen molar-refractivity contribution in [3.8, 4) is 0 Å². The fraction of sp³-hybridized carbons (Fsp3) is 0.900. The Morgan fingerprint density at radius 3 is 3.07 bits per heavy atom. The zero-order valence-corrected chi connectivity index (χ0v) is 8.83. The normalized spacial score (nSPS) is 23.4. The van der Waals surface area contributed by atoms with Crippen molar-refractivity contribution in [1.82, 2.24) is 10.2 Å². The number of carbonyl (C=O) groups is 1. The third-order valence-electron chi connectivity index (χ3n) is 2.66. The molecule has 1 aliphatic heterocycles. The molecule has 82 valence electrons. The van der Waals surface area contributed by atoms with E-state index in [9.17, 15) is 4.79 Å². The van der Waals surface area contributed by atoms with Gasteiger partial charge >= 0.3 is 0 Å². The number of aliphatic hydroxyl groups is 1. The quantitative estimate of drug-likeness (QED) is 0.662. The Bertz CT molecular complexity index is 185. The van der Waals surface area contributed by atoms with Gasteiger partial charge in [-0.3, -0.25) is 4.79 Å². The van der Waals surface area contributed by atoms with Gasteiger partial charge in [-0.1, -0.05) is 0 Å². The van der Waals surface area contributed by atoms with E-state index < -0.39 is 0 Å². The lowest BCUT2D eigenvalue weighted by Gasteiger charge is -2.31. The molecule has 1 aliphatic rings. The van der Waals surface area contributed by atoms with E-state index in [1.165, 1.54) is 6.92 Å². The number of nitrogens with one attached hydrogen (secondary N) is 1. The lowest BCUT2D eigenvalue weighted by atomic mass is 9.99. The summed E-state index contributed by atoms with van der Waals surface area (Å²) in [6.45, 7) is 5.50. The van der Waals surface area contributed by atoms with Crippen molar-refractivity contribution in [2.75, 3.05) is 32.8 Å². The number of aliphatic hydroxyl groups excluding tert-OH is 1. The second kappa shape index (κ2) is 5.98. The molecule has 0 aliphatic carbocycles. The summed E-state index contributed by atoms with van der Waals surface area (Å²) in [5.74, 6) is 0.460. The van der Waals surface area contributed by atoms with Crippen LogP contribution in [0.4, 0.5) is 0 Å². The van der Waals surface area contributed by atoms with Gasteiger partial charge in [-0.15, -0.1) is 0 Å². The highest BCUT2D eigenvalue weighted by Crippen LogP contribution is 2.14. The second-order valence-corrected chi connectivity index (χ2v) is 3.97. The summed E-state index contributed by atoms with van der Waals surface area (Å²) in [4.78, 5) is 12.9. The second-order valence-electron chi connectivity index (χ2n) is 3.97. The molecule has 1 unspecified atom stereocenters. The van der Waals surface area contributed by atoms with Crippen LogP contribution in [0.5, 0.6) is 0 Å². The van der Waals surface area contributed by atoms with Gasteiger partial charge in [0.25, 0.3) is 0 Å². The smallest absolute Gasteiger partial charge is 0.216 e. The van der Waals surface area contributed by atoms with Gasteiger partial charge in [-0.2, -0.15) is 0 Å². The molecule has 0 aromatic heterocycles. The van der Waals surface area contributed by atoms with Crippen LogP contribution in [0.15, 0.2) is 0 Å². The Labute approximate surface area is 85.3 Å². The highest BCUT2D eigenvalue weighted by Gasteiger charge is 2.18. The van der Waals surface area contributed by atoms with E-state index in [-0.39, 0.29) is 12.5 Å². The van der Waals surface area contributed by atoms with Crippen LogP contribution in [0.3, 0.4) is 0 Å². The molecular weight excluding hydrogens is 180 g/mol. The lowest BCUT2D eigenvalue weighted by Crippen LogP contribution is -2.41. The third kappa shape index (κ3) is 4.07. The zero-order valence-electron chi connectivity index (χ0n) is 8.83. The molecule has 1 amide bonds. The van der Waals surface area contributed by atoms with Crippen molar-refractivity contribution < 1.29 is 9.90 Å². The number of likely N-dealkylation sites (tertiary alicyclic amines) is 1. The minimum Gasteiger partial charge on any atom is -0.396 e. The Kier molecular flexibility index (Phi) is 4.90. The van der Waals surface area contributed by atoms with Crippen LogP contribution in [-0.4, -0.2) is 48.7 Å². The van der Waals surface area contributed by atoms with E-state index in [1.54, 1.807) is 0 Å². The number of carbonyl (C=O) groups excluding carboxylic acids is 1. The first-order chi connectivity index (χ1) is 6.72. The van der Waals surface area contributed by atoms with Gasteiger partial charge in [0.05, 0.1) is 0 Å². The van der Waals surface area contributed by atoms with E-state index in [0.29, 0.717) is 12.5 Å². The molecule has 4 heteroatoms. The molecule has 1 fully saturated rings. The van der Waals surface area contributed by atoms with Crippen molar-refractivity contribution in [3.05, 3.63) is 0 Å². The summed E-state index contributed by atoms with van der Waals surface area (Å²) in [6.07, 6.45) is 2.29. The van der Waals surface area contributed by atoms with Gasteiger partial charge in [-0.25, -0.2) is 0 Å². The molecule has 1 atom stereocenters. The molecule has 0 spiro atoms. The van der Waals surface area contributed by atoms with Crippen LogP contribution < -0.4 is 5.32 Å². The number of rotatable bonds is 4. The summed E-state index contributed by atoms with van der Waals surface area (Å²) in [5.41, 5.74) is 0. The summed E-state index contributed by atoms with van der Waals surface area (Å²) in [7, 11) is 0. The van der Waals surface area contributed by atoms with Crippen LogP contribution in [-0.2, 0) is 4.79 Å². The SMILES string of the molecule is CC(=O)NCCN1CCCC(CO)C1. The first-order valence-corrected chi connectivity index (χ1v) is 5.30. The van der Waals surface area contributed by atoms with Gasteiger partial charge in [0.1, 0.15) is 0 Å². The van der Waals surface area contributed by atoms with Crippen LogP contribution >= 0.6 is 0 Å². The van der Waals surface area contributed by atoms with Crippen LogP contribution in [0.25, 0.3) is 0 Å². The van der Waals surface area contributed by atoms with Crippen molar-refractivity contribution in [3.63, 3.8) is 0 Å². The molecular formula is C10H20N2O2. The molecule has 0 aromatic rings. The minimum atomic E-state index is 0.0284. The molecule has 1 saturated heterocycles. The first-order valence-electron chi connectivity index (χ1n) is 5.30. The lowest BCUT2D eigenvalue weighted by molar-refractivity contribution is -0.119. The maximum absolute atomic E-state index is 10.6. The molecule has 0 aromatic carbocycles. The summed E-state index contributed by atoms with van der Waals surface area (Å²) in [6, 6.07) is 0. The zero-order chi connectivity index (χ0) is 10.4. The molecule has 1 rings (SSSR count). The van der Waals surface area contributed by atoms with E-state index in [2.05, 4.69) is 10.2 Å². The summed E-state index contributed by atoms with van der Waals surface area (Å²) in [5, 5.41) is 11.8. The van der Waals surface area contributed by atoms with Gasteiger partial charge in [0, 0.05) is 33.2 Å². The highest BCUT2D eigenvalue weighted by atomic mass is 16.3. The molecule has 0 radical (unpaired) electrons. The minimum absolute atomic E-state index is 0.0284. The standard InChI is InChI=1S/C10H20N2O2/c1-9(14)11-4-6-12-5-2-3-10(7-12)8-13/h10,13H,2-8H2,1H3,(H,11,14). The monoisotopic (exact) mass is 200 g/mol. The Morgan fingerprint density at radius 2 is 2.43 bits per heavy atom. The predicted molar refractivity (Wildman–Crippen MR) is 54.9 cm³/mol. The molecule has 14 heavy (non-hydrogen) atoms. The average Bonchev–Trinajstić information content (AvgIpc) is 2.18. The van der Waals surface area contributed by atoms with Crippen molar-refractivity contribution in [1.29, 1.82) is 0 Å². The third-order valence-corrected chi connectivity index (χ3v) is 2.66. The van der Waals surface area contributed by atoms with E-state index in [1.807, 2.05) is 0 Å². The van der Waals surface area contributed by atoms with Crippen molar-refractivity contribution >= 4 is 5.91 Å². The number of hydrogen-bond donors (Lipinski definition) is 2. The van der Waals surface area contributed by atoms with Gasteiger partial charge in [0.2, 0.25) is 5.91 Å². The largest absolute Gasteiger partial charge is 0.396 e. The number of piperidine rings is 1. The van der Waals surface area contributed by atoms with Gasteiger partial charge in [-0.05, 0) is 25.3 Å². The highest BCUT2D eigenvalue weighted by molar-refractivity contribution is 5.72. The van der Waals surface area contributed by atoms with Crippen LogP contribution in [0.1, 0.15) is 19.8 Å². The van der Waals surface area contributed by atoms with Crippen molar-refractivity contribution in [2.24, 2.45) is 5.92 Å². The fourth-order valence-electron chi connectivity index (χ4n) is 1.89. The maximum atomic E-state index is 10.6. The van der Waals surface area contributed by atoms with Crippen molar-refractivity contribution in [2.45, 2.75) is 19.8 Å². The Morgan fingerprint density at radius 1 is 1.64 bits per heavy atom. The topological polar surface area (TPSA) is 52.6 Å². The average molecular weight is 200 g/mol. The van der Waals surface area contributed by atoms with Gasteiger partial charge < -0.3 is 15.3 Å². The maximum Gasteiger partial charge on any atom is 0.216 e.